The molecule has 0 amide bonds. The van der Waals surface area contributed by atoms with Crippen molar-refractivity contribution in [2.75, 3.05) is 0 Å². The van der Waals surface area contributed by atoms with Crippen LogP contribution in [0.25, 0.3) is 0 Å². The molecule has 1 fully saturated rings. The van der Waals surface area contributed by atoms with Crippen molar-refractivity contribution in [3.63, 3.8) is 0 Å². The summed E-state index contributed by atoms with van der Waals surface area (Å²) in [5, 5.41) is 0.221. The Kier molecular flexibility index (Phi) is 4.58. The zero-order valence-corrected chi connectivity index (χ0v) is 13.3. The molecule has 0 aromatic rings. The first-order valence-electron chi connectivity index (χ1n) is 6.86. The lowest BCUT2D eigenvalue weighted by Crippen LogP contribution is -2.46. The summed E-state index contributed by atoms with van der Waals surface area (Å²) in [5.74, 6) is 0.570. The maximum absolute atomic E-state index is 11.9. The molecule has 3 heteroatoms. The van der Waals surface area contributed by atoms with Crippen molar-refractivity contribution in [2.24, 2.45) is 5.92 Å². The molecule has 1 aliphatic carbocycles. The Morgan fingerprint density at radius 1 is 1.29 bits per heavy atom. The highest BCUT2D eigenvalue weighted by Gasteiger charge is 2.40. The number of carbonyl (C=O) groups excluding carboxylic acids is 1. The van der Waals surface area contributed by atoms with Gasteiger partial charge in [0.1, 0.15) is 5.78 Å². The van der Waals surface area contributed by atoms with E-state index in [1.807, 2.05) is 0 Å². The van der Waals surface area contributed by atoms with Gasteiger partial charge in [-0.25, -0.2) is 0 Å². The highest BCUT2D eigenvalue weighted by Crippen LogP contribution is 2.39. The van der Waals surface area contributed by atoms with Crippen LogP contribution in [0.5, 0.6) is 0 Å². The van der Waals surface area contributed by atoms with Crippen molar-refractivity contribution in [1.82, 2.24) is 0 Å². The van der Waals surface area contributed by atoms with Gasteiger partial charge in [0.25, 0.3) is 0 Å². The minimum absolute atomic E-state index is 0.101. The average molecular weight is 256 g/mol. The smallest absolute Gasteiger partial charge is 0.192 e. The molecule has 0 aromatic carbocycles. The van der Waals surface area contributed by atoms with E-state index in [0.717, 1.165) is 19.3 Å². The molecule has 2 atom stereocenters. The average Bonchev–Trinajstić information content (AvgIpc) is 2.15. The van der Waals surface area contributed by atoms with E-state index < -0.39 is 8.32 Å². The van der Waals surface area contributed by atoms with Crippen molar-refractivity contribution in [2.45, 2.75) is 77.6 Å². The Morgan fingerprint density at radius 3 is 2.35 bits per heavy atom. The predicted octanol–water partition coefficient (Wildman–Crippen LogP) is 4.16. The summed E-state index contributed by atoms with van der Waals surface area (Å²) < 4.78 is 6.33. The molecule has 1 aliphatic rings. The van der Waals surface area contributed by atoms with Gasteiger partial charge in [-0.2, -0.15) is 0 Å². The van der Waals surface area contributed by atoms with Crippen LogP contribution in [0.15, 0.2) is 0 Å². The first-order chi connectivity index (χ1) is 7.65. The second-order valence-corrected chi connectivity index (χ2v) is 11.7. The SMILES string of the molecule is C[C@H](O[Si](C)(C)C(C)(C)C)C1CCCCC1=O. The van der Waals surface area contributed by atoms with Crippen molar-refractivity contribution >= 4 is 14.1 Å². The van der Waals surface area contributed by atoms with Crippen LogP contribution in [0.3, 0.4) is 0 Å². The molecular formula is C14H28O2Si. The number of rotatable bonds is 3. The third-order valence-electron chi connectivity index (χ3n) is 4.46. The van der Waals surface area contributed by atoms with E-state index in [-0.39, 0.29) is 17.1 Å². The Hall–Kier alpha value is -0.153. The van der Waals surface area contributed by atoms with E-state index in [2.05, 4.69) is 40.8 Å². The van der Waals surface area contributed by atoms with E-state index >= 15 is 0 Å². The summed E-state index contributed by atoms with van der Waals surface area (Å²) in [7, 11) is -1.73. The first kappa shape index (κ1) is 14.9. The second kappa shape index (κ2) is 5.23. The zero-order valence-electron chi connectivity index (χ0n) is 12.3. The van der Waals surface area contributed by atoms with Crippen LogP contribution in [0.1, 0.15) is 53.4 Å². The Labute approximate surface area is 107 Å². The highest BCUT2D eigenvalue weighted by molar-refractivity contribution is 6.74. The molecular weight excluding hydrogens is 228 g/mol. The summed E-state index contributed by atoms with van der Waals surface area (Å²) >= 11 is 0. The van der Waals surface area contributed by atoms with Gasteiger partial charge in [-0.15, -0.1) is 0 Å². The summed E-state index contributed by atoms with van der Waals surface area (Å²) in [5.41, 5.74) is 0. The third kappa shape index (κ3) is 3.65. The normalized spacial score (nSPS) is 24.8. The predicted molar refractivity (Wildman–Crippen MR) is 74.7 cm³/mol. The van der Waals surface area contributed by atoms with Crippen molar-refractivity contribution in [3.05, 3.63) is 0 Å². The molecule has 17 heavy (non-hydrogen) atoms. The molecule has 100 valence electrons. The third-order valence-corrected chi connectivity index (χ3v) is 9.03. The fourth-order valence-corrected chi connectivity index (χ4v) is 3.68. The van der Waals surface area contributed by atoms with Gasteiger partial charge in [-0.05, 0) is 37.9 Å². The fourth-order valence-electron chi connectivity index (χ4n) is 2.23. The summed E-state index contributed by atoms with van der Waals surface area (Å²) in [6, 6.07) is 0. The van der Waals surface area contributed by atoms with Crippen molar-refractivity contribution in [3.8, 4) is 0 Å². The molecule has 0 aromatic heterocycles. The van der Waals surface area contributed by atoms with E-state index in [1.54, 1.807) is 0 Å². The van der Waals surface area contributed by atoms with Gasteiger partial charge >= 0.3 is 0 Å². The van der Waals surface area contributed by atoms with Crippen LogP contribution in [-0.2, 0) is 9.22 Å². The van der Waals surface area contributed by atoms with Crippen LogP contribution >= 0.6 is 0 Å². The summed E-state index contributed by atoms with van der Waals surface area (Å²) in [6.45, 7) is 13.3. The molecule has 0 bridgehead atoms. The Morgan fingerprint density at radius 2 is 1.88 bits per heavy atom. The van der Waals surface area contributed by atoms with Crippen LogP contribution in [-0.4, -0.2) is 20.2 Å². The lowest BCUT2D eigenvalue weighted by Gasteiger charge is -2.40. The molecule has 0 radical (unpaired) electrons. The van der Waals surface area contributed by atoms with E-state index in [0.29, 0.717) is 5.78 Å². The minimum Gasteiger partial charge on any atom is -0.413 e. The lowest BCUT2D eigenvalue weighted by molar-refractivity contribution is -0.127. The molecule has 1 rings (SSSR count). The van der Waals surface area contributed by atoms with Gasteiger partial charge in [-0.1, -0.05) is 27.2 Å². The van der Waals surface area contributed by atoms with E-state index in [1.165, 1.54) is 6.42 Å². The van der Waals surface area contributed by atoms with Gasteiger partial charge in [0, 0.05) is 12.3 Å². The molecule has 0 N–H and O–H groups in total. The van der Waals surface area contributed by atoms with Gasteiger partial charge in [0.2, 0.25) is 0 Å². The number of ketones is 1. The summed E-state index contributed by atoms with van der Waals surface area (Å²) in [6.07, 6.45) is 4.14. The number of carbonyl (C=O) groups is 1. The van der Waals surface area contributed by atoms with Crippen LogP contribution in [0.4, 0.5) is 0 Å². The van der Waals surface area contributed by atoms with Crippen LogP contribution in [0, 0.1) is 5.92 Å². The molecule has 1 unspecified atom stereocenters. The molecule has 0 spiro atoms. The Bertz CT molecular complexity index is 278. The molecule has 1 saturated carbocycles. The van der Waals surface area contributed by atoms with Crippen molar-refractivity contribution in [1.29, 1.82) is 0 Å². The molecule has 0 aliphatic heterocycles. The van der Waals surface area contributed by atoms with Crippen molar-refractivity contribution < 1.29 is 9.22 Å². The van der Waals surface area contributed by atoms with Gasteiger partial charge in [-0.3, -0.25) is 4.79 Å². The number of hydrogen-bond acceptors (Lipinski definition) is 2. The van der Waals surface area contributed by atoms with Gasteiger partial charge < -0.3 is 4.43 Å². The Balaban J connectivity index is 2.65. The van der Waals surface area contributed by atoms with E-state index in [4.69, 9.17) is 4.43 Å². The van der Waals surface area contributed by atoms with E-state index in [9.17, 15) is 4.79 Å². The van der Waals surface area contributed by atoms with Crippen LogP contribution in [0.2, 0.25) is 18.1 Å². The largest absolute Gasteiger partial charge is 0.413 e. The number of Topliss-reactive ketones (excluding diaryl/α,β-unsaturated/α-hetero) is 1. The van der Waals surface area contributed by atoms with Gasteiger partial charge in [0.05, 0.1) is 6.10 Å². The zero-order chi connectivity index (χ0) is 13.3. The second-order valence-electron chi connectivity index (χ2n) is 6.90. The lowest BCUT2D eigenvalue weighted by atomic mass is 9.85. The summed E-state index contributed by atoms with van der Waals surface area (Å²) in [4.78, 5) is 11.9. The fraction of sp³-hybridized carbons (Fsp3) is 0.929. The standard InChI is InChI=1S/C14H28O2Si/c1-11(12-9-7-8-10-13(12)15)16-17(5,6)14(2,3)4/h11-12H,7-10H2,1-6H3/t11-,12?/m0/s1. The maximum atomic E-state index is 11.9. The monoisotopic (exact) mass is 256 g/mol. The minimum atomic E-state index is -1.73. The highest BCUT2D eigenvalue weighted by atomic mass is 28.4. The first-order valence-corrected chi connectivity index (χ1v) is 9.76. The maximum Gasteiger partial charge on any atom is 0.192 e. The number of hydrogen-bond donors (Lipinski definition) is 0. The van der Waals surface area contributed by atoms with Gasteiger partial charge in [0.15, 0.2) is 8.32 Å². The quantitative estimate of drug-likeness (QED) is 0.709. The van der Waals surface area contributed by atoms with Crippen LogP contribution < -0.4 is 0 Å². The molecule has 0 heterocycles. The topological polar surface area (TPSA) is 26.3 Å². The molecule has 2 nitrogen and oxygen atoms in total. The molecule has 0 saturated heterocycles.